The third-order valence-electron chi connectivity index (χ3n) is 1.90. The van der Waals surface area contributed by atoms with Crippen molar-refractivity contribution >= 4 is 0 Å². The van der Waals surface area contributed by atoms with Crippen molar-refractivity contribution in [1.82, 2.24) is 0 Å². The minimum absolute atomic E-state index is 0.416. The average Bonchev–Trinajstić information content (AvgIpc) is 2.25. The van der Waals surface area contributed by atoms with Crippen LogP contribution in [0, 0.1) is 0 Å². The molecule has 0 aromatic carbocycles. The van der Waals surface area contributed by atoms with Gasteiger partial charge < -0.3 is 19.7 Å². The van der Waals surface area contributed by atoms with Gasteiger partial charge in [-0.2, -0.15) is 26.3 Å². The molecule has 10 heteroatoms. The molecule has 0 radical (unpaired) electrons. The van der Waals surface area contributed by atoms with E-state index in [2.05, 4.69) is 9.47 Å². The predicted octanol–water partition coefficient (Wildman–Crippen LogP) is 0.822. The standard InChI is InChI=1S/C7H10F6O4/c1-16-3(14)5(8,9)7(12,13)6(10,11)4(15)17-2/h3-4,14-15H,1-2H3. The largest absolute Gasteiger partial charge is 0.382 e. The van der Waals surface area contributed by atoms with Crippen LogP contribution in [0.2, 0.25) is 0 Å². The van der Waals surface area contributed by atoms with Gasteiger partial charge in [0.1, 0.15) is 0 Å². The van der Waals surface area contributed by atoms with Crippen molar-refractivity contribution in [2.75, 3.05) is 14.2 Å². The fraction of sp³-hybridized carbons (Fsp3) is 1.00. The molecular weight excluding hydrogens is 262 g/mol. The molecule has 0 aliphatic rings. The Balaban J connectivity index is 5.38. The van der Waals surface area contributed by atoms with Crippen molar-refractivity contribution in [2.24, 2.45) is 0 Å². The van der Waals surface area contributed by atoms with E-state index in [-0.39, 0.29) is 0 Å². The minimum Gasteiger partial charge on any atom is -0.363 e. The van der Waals surface area contributed by atoms with Crippen LogP contribution in [0.3, 0.4) is 0 Å². The van der Waals surface area contributed by atoms with E-state index in [0.717, 1.165) is 0 Å². The molecule has 4 nitrogen and oxygen atoms in total. The number of aliphatic hydroxyl groups is 2. The van der Waals surface area contributed by atoms with Crippen LogP contribution in [0.1, 0.15) is 0 Å². The lowest BCUT2D eigenvalue weighted by Crippen LogP contribution is -2.63. The van der Waals surface area contributed by atoms with Crippen molar-refractivity contribution in [2.45, 2.75) is 30.3 Å². The summed E-state index contributed by atoms with van der Waals surface area (Å²) in [6.07, 6.45) is -6.93. The van der Waals surface area contributed by atoms with Gasteiger partial charge in [0, 0.05) is 14.2 Å². The number of rotatable bonds is 6. The van der Waals surface area contributed by atoms with Crippen molar-refractivity contribution in [1.29, 1.82) is 0 Å². The van der Waals surface area contributed by atoms with Gasteiger partial charge in [-0.3, -0.25) is 0 Å². The Hall–Kier alpha value is -0.580. The van der Waals surface area contributed by atoms with Crippen LogP contribution in [0.5, 0.6) is 0 Å². The number of ether oxygens (including phenoxy) is 2. The highest BCUT2D eigenvalue weighted by Crippen LogP contribution is 2.48. The maximum Gasteiger partial charge on any atom is 0.382 e. The summed E-state index contributed by atoms with van der Waals surface area (Å²) in [4.78, 5) is 0. The summed E-state index contributed by atoms with van der Waals surface area (Å²) in [7, 11) is 0.832. The van der Waals surface area contributed by atoms with E-state index < -0.39 is 30.3 Å². The van der Waals surface area contributed by atoms with Gasteiger partial charge in [-0.05, 0) is 0 Å². The molecule has 0 aromatic rings. The van der Waals surface area contributed by atoms with Crippen LogP contribution in [-0.2, 0) is 9.47 Å². The summed E-state index contributed by atoms with van der Waals surface area (Å²) in [6.45, 7) is 0. The second kappa shape index (κ2) is 4.96. The molecule has 0 spiro atoms. The van der Waals surface area contributed by atoms with E-state index in [9.17, 15) is 26.3 Å². The third kappa shape index (κ3) is 2.49. The van der Waals surface area contributed by atoms with Gasteiger partial charge >= 0.3 is 17.8 Å². The fourth-order valence-corrected chi connectivity index (χ4v) is 0.828. The summed E-state index contributed by atoms with van der Waals surface area (Å²) >= 11 is 0. The highest BCUT2D eigenvalue weighted by molar-refractivity contribution is 4.99. The minimum atomic E-state index is -6.08. The highest BCUT2D eigenvalue weighted by atomic mass is 19.3. The molecule has 0 saturated carbocycles. The van der Waals surface area contributed by atoms with Gasteiger partial charge in [-0.25, -0.2) is 0 Å². The monoisotopic (exact) mass is 272 g/mol. The summed E-state index contributed by atoms with van der Waals surface area (Å²) in [5.74, 6) is -17.3. The van der Waals surface area contributed by atoms with Gasteiger partial charge in [0.05, 0.1) is 0 Å². The average molecular weight is 272 g/mol. The molecule has 2 atom stereocenters. The van der Waals surface area contributed by atoms with Gasteiger partial charge in [-0.1, -0.05) is 0 Å². The van der Waals surface area contributed by atoms with Crippen LogP contribution in [0.4, 0.5) is 26.3 Å². The Kier molecular flexibility index (Phi) is 4.79. The lowest BCUT2D eigenvalue weighted by Gasteiger charge is -2.35. The first-order valence-electron chi connectivity index (χ1n) is 4.02. The molecule has 2 unspecified atom stereocenters. The molecule has 0 amide bonds. The number of alkyl halides is 6. The lowest BCUT2D eigenvalue weighted by atomic mass is 10.0. The summed E-state index contributed by atoms with van der Waals surface area (Å²) in [5.41, 5.74) is 0. The molecule has 0 saturated heterocycles. The predicted molar refractivity (Wildman–Crippen MR) is 40.9 cm³/mol. The van der Waals surface area contributed by atoms with E-state index in [4.69, 9.17) is 10.2 Å². The number of hydrogen-bond donors (Lipinski definition) is 2. The van der Waals surface area contributed by atoms with Crippen molar-refractivity contribution < 1.29 is 46.0 Å². The number of halogens is 6. The maximum absolute atomic E-state index is 12.9. The highest BCUT2D eigenvalue weighted by Gasteiger charge is 2.77. The summed E-state index contributed by atoms with van der Waals surface area (Å²) < 4.78 is 84.0. The Morgan fingerprint density at radius 1 is 0.765 bits per heavy atom. The molecule has 0 bridgehead atoms. The zero-order chi connectivity index (χ0) is 14.1. The quantitative estimate of drug-likeness (QED) is 0.555. The third-order valence-corrected chi connectivity index (χ3v) is 1.90. The molecule has 0 heterocycles. The Morgan fingerprint density at radius 3 is 1.18 bits per heavy atom. The van der Waals surface area contributed by atoms with Crippen molar-refractivity contribution in [3.63, 3.8) is 0 Å². The fourth-order valence-electron chi connectivity index (χ4n) is 0.828. The van der Waals surface area contributed by atoms with E-state index in [1.165, 1.54) is 0 Å². The molecule has 0 aliphatic carbocycles. The smallest absolute Gasteiger partial charge is 0.363 e. The van der Waals surface area contributed by atoms with Crippen molar-refractivity contribution in [3.05, 3.63) is 0 Å². The van der Waals surface area contributed by atoms with Crippen LogP contribution >= 0.6 is 0 Å². The zero-order valence-electron chi connectivity index (χ0n) is 8.63. The topological polar surface area (TPSA) is 58.9 Å². The van der Waals surface area contributed by atoms with Gasteiger partial charge in [0.15, 0.2) is 0 Å². The van der Waals surface area contributed by atoms with Crippen LogP contribution < -0.4 is 0 Å². The summed E-state index contributed by atoms with van der Waals surface area (Å²) in [6, 6.07) is 0. The van der Waals surface area contributed by atoms with Crippen LogP contribution in [-0.4, -0.2) is 54.8 Å². The Morgan fingerprint density at radius 2 is 1.00 bits per heavy atom. The van der Waals surface area contributed by atoms with Gasteiger partial charge in [-0.15, -0.1) is 0 Å². The van der Waals surface area contributed by atoms with Gasteiger partial charge in [0.2, 0.25) is 12.6 Å². The van der Waals surface area contributed by atoms with Crippen LogP contribution in [0.25, 0.3) is 0 Å². The molecular formula is C7H10F6O4. The van der Waals surface area contributed by atoms with Crippen molar-refractivity contribution in [3.8, 4) is 0 Å². The van der Waals surface area contributed by atoms with Crippen LogP contribution in [0.15, 0.2) is 0 Å². The normalized spacial score (nSPS) is 18.0. The Labute approximate surface area is 91.7 Å². The number of methoxy groups -OCH3 is 2. The van der Waals surface area contributed by atoms with E-state index >= 15 is 0 Å². The molecule has 17 heavy (non-hydrogen) atoms. The first-order chi connectivity index (χ1) is 7.46. The van der Waals surface area contributed by atoms with E-state index in [0.29, 0.717) is 14.2 Å². The molecule has 0 aromatic heterocycles. The second-order valence-corrected chi connectivity index (χ2v) is 3.00. The molecule has 2 N–H and O–H groups in total. The molecule has 0 fully saturated rings. The van der Waals surface area contributed by atoms with Gasteiger partial charge in [0.25, 0.3) is 0 Å². The Bertz CT molecular complexity index is 235. The SMILES string of the molecule is COC(O)C(F)(F)C(F)(F)C(F)(F)C(O)OC. The molecule has 0 rings (SSSR count). The second-order valence-electron chi connectivity index (χ2n) is 3.00. The summed E-state index contributed by atoms with van der Waals surface area (Å²) in [5, 5.41) is 16.9. The first-order valence-corrected chi connectivity index (χ1v) is 4.02. The molecule has 0 aliphatic heterocycles. The van der Waals surface area contributed by atoms with E-state index in [1.54, 1.807) is 0 Å². The van der Waals surface area contributed by atoms with E-state index in [1.807, 2.05) is 0 Å². The lowest BCUT2D eigenvalue weighted by molar-refractivity contribution is -0.396. The number of aliphatic hydroxyl groups excluding tert-OH is 2. The first kappa shape index (κ1) is 16.4. The molecule has 104 valence electrons. The number of hydrogen-bond acceptors (Lipinski definition) is 4. The maximum atomic E-state index is 12.9. The zero-order valence-corrected chi connectivity index (χ0v) is 8.63.